The van der Waals surface area contributed by atoms with Crippen molar-refractivity contribution in [3.63, 3.8) is 0 Å². The molecule has 0 heterocycles. The predicted molar refractivity (Wildman–Crippen MR) is 225 cm³/mol. The van der Waals surface area contributed by atoms with Crippen molar-refractivity contribution in [3.8, 4) is 17.2 Å². The summed E-state index contributed by atoms with van der Waals surface area (Å²) in [6, 6.07) is 8.03. The zero-order valence-corrected chi connectivity index (χ0v) is 35.2. The van der Waals surface area contributed by atoms with Crippen molar-refractivity contribution >= 4 is 100 Å². The van der Waals surface area contributed by atoms with Gasteiger partial charge < -0.3 is 35.3 Å². The lowest BCUT2D eigenvalue weighted by Crippen LogP contribution is -2.27. The van der Waals surface area contributed by atoms with Gasteiger partial charge in [-0.25, -0.2) is 9.54 Å². The Hall–Kier alpha value is -1.94. The van der Waals surface area contributed by atoms with Crippen molar-refractivity contribution < 1.29 is 24.6 Å². The van der Waals surface area contributed by atoms with Gasteiger partial charge in [0.15, 0.2) is 17.2 Å². The molecule has 0 aromatic heterocycles. The molecule has 9 nitrogen and oxygen atoms in total. The first kappa shape index (κ1) is 45.4. The smallest absolute Gasteiger partial charge is 0.412 e. The number of phenols is 2. The second kappa shape index (κ2) is 23.9. The summed E-state index contributed by atoms with van der Waals surface area (Å²) in [6.45, 7) is 2.71. The van der Waals surface area contributed by atoms with Gasteiger partial charge in [0.2, 0.25) is 0 Å². The van der Waals surface area contributed by atoms with E-state index in [1.807, 2.05) is 0 Å². The number of carbonyl (C=O) groups is 1. The Balaban J connectivity index is 1.49. The first-order valence-corrected chi connectivity index (χ1v) is 22.0. The van der Waals surface area contributed by atoms with Gasteiger partial charge in [-0.2, -0.15) is 0 Å². The number of hydrogen-bond donors (Lipinski definition) is 6. The predicted octanol–water partition coefficient (Wildman–Crippen LogP) is 15.2. The van der Waals surface area contributed by atoms with E-state index in [4.69, 9.17) is 74.3 Å². The molecule has 1 amide bonds. The van der Waals surface area contributed by atoms with Gasteiger partial charge in [-0.1, -0.05) is 173 Å². The summed E-state index contributed by atoms with van der Waals surface area (Å²) in [5.74, 6) is -0.759. The average Bonchev–Trinajstić information content (AvgIpc) is 3.08. The maximum Gasteiger partial charge on any atom is 0.412 e. The fraction of sp³-hybridized carbons (Fsp3) is 0.486. The molecule has 0 bridgehead atoms. The highest BCUT2D eigenvalue weighted by Gasteiger charge is 2.22. The molecule has 6 N–H and O–H groups in total. The topological polar surface area (TPSA) is 135 Å². The molecule has 0 aliphatic heterocycles. The largest absolute Gasteiger partial charge is 0.505 e. The summed E-state index contributed by atoms with van der Waals surface area (Å²) in [6.07, 6.45) is 19.6. The molecule has 294 valence electrons. The van der Waals surface area contributed by atoms with E-state index >= 15 is 0 Å². The Labute approximate surface area is 343 Å². The Bertz CT molecular complexity index is 1630. The van der Waals surface area contributed by atoms with Crippen molar-refractivity contribution in [3.05, 3.63) is 66.5 Å². The Morgan fingerprint density at radius 1 is 0.604 bits per heavy atom. The number of anilines is 2. The monoisotopic (exact) mass is 870 g/mol. The Morgan fingerprint density at radius 2 is 0.962 bits per heavy atom. The van der Waals surface area contributed by atoms with E-state index in [1.165, 1.54) is 120 Å². The number of aromatic hydroxyl groups is 2. The van der Waals surface area contributed by atoms with Gasteiger partial charge in [0.05, 0.1) is 35.8 Å². The summed E-state index contributed by atoms with van der Waals surface area (Å²) in [4.78, 5) is 24.3. The standard InChI is InChI=1S/C37H49Cl6N4O5P/c1-2-3-4-5-6-7-8-9-10-11-12-13-14-15-16-17-18-44-37(50)52-36-32(42)23-27(24-33(36)43)47-53(51,45-25-19-28(38)34(48)29(39)20-25)46-26-21-30(40)35(49)31(41)22-26/h19-24,45,47-49,51H,2-18H2,1H3,(H,44,50). The lowest BCUT2D eigenvalue weighted by Gasteiger charge is -2.24. The second-order valence-electron chi connectivity index (χ2n) is 12.9. The number of phenolic OH excluding ortho intramolecular Hbond substituents is 2. The minimum atomic E-state index is -3.88. The van der Waals surface area contributed by atoms with Crippen LogP contribution in [0.2, 0.25) is 30.1 Å². The highest BCUT2D eigenvalue weighted by Crippen LogP contribution is 2.51. The first-order chi connectivity index (χ1) is 25.3. The van der Waals surface area contributed by atoms with Gasteiger partial charge in [0.25, 0.3) is 7.58 Å². The van der Waals surface area contributed by atoms with Gasteiger partial charge >= 0.3 is 6.09 Å². The SMILES string of the molecule is CCCCCCCCCCCCCCCCCCNC(=O)Oc1c(Cl)cc(NP(O)(=Nc2cc(Cl)c(O)c(Cl)c2)Nc2cc(Cl)c(O)c(Cl)c2)cc1Cl. The molecule has 53 heavy (non-hydrogen) atoms. The van der Waals surface area contributed by atoms with E-state index < -0.39 is 13.7 Å². The molecule has 16 heteroatoms. The second-order valence-corrected chi connectivity index (χ2v) is 17.2. The molecule has 3 aromatic carbocycles. The summed E-state index contributed by atoms with van der Waals surface area (Å²) in [5.41, 5.74) is 0.488. The number of unbranched alkanes of at least 4 members (excludes halogenated alkanes) is 15. The number of hydrogen-bond acceptors (Lipinski definition) is 5. The van der Waals surface area contributed by atoms with Crippen LogP contribution in [0.3, 0.4) is 0 Å². The van der Waals surface area contributed by atoms with E-state index in [9.17, 15) is 19.9 Å². The summed E-state index contributed by atoms with van der Waals surface area (Å²) in [7, 11) is -3.88. The molecule has 0 fully saturated rings. The number of nitrogens with zero attached hydrogens (tertiary/aromatic N) is 1. The van der Waals surface area contributed by atoms with E-state index in [1.54, 1.807) is 0 Å². The molecule has 3 rings (SSSR count). The normalized spacial score (nSPS) is 12.3. The van der Waals surface area contributed by atoms with Crippen LogP contribution in [0.4, 0.5) is 21.9 Å². The van der Waals surface area contributed by atoms with Crippen molar-refractivity contribution in [2.75, 3.05) is 16.7 Å². The third-order valence-corrected chi connectivity index (χ3v) is 11.7. The van der Waals surface area contributed by atoms with E-state index in [0.717, 1.165) is 19.3 Å². The summed E-state index contributed by atoms with van der Waals surface area (Å²) in [5, 5.41) is 28.0. The zero-order valence-electron chi connectivity index (χ0n) is 29.8. The molecule has 3 aromatic rings. The minimum Gasteiger partial charge on any atom is -0.505 e. The number of rotatable bonds is 23. The van der Waals surface area contributed by atoms with Crippen molar-refractivity contribution in [2.24, 2.45) is 4.74 Å². The van der Waals surface area contributed by atoms with Crippen molar-refractivity contribution in [1.29, 1.82) is 0 Å². The number of ether oxygens (including phenoxy) is 1. The maximum atomic E-state index is 12.6. The van der Waals surface area contributed by atoms with Crippen LogP contribution in [0.1, 0.15) is 110 Å². The first-order valence-electron chi connectivity index (χ1n) is 18.0. The molecule has 0 saturated carbocycles. The zero-order chi connectivity index (χ0) is 38.8. The Kier molecular flexibility index (Phi) is 20.5. The van der Waals surface area contributed by atoms with Crippen LogP contribution in [-0.4, -0.2) is 27.7 Å². The van der Waals surface area contributed by atoms with Crippen molar-refractivity contribution in [1.82, 2.24) is 5.32 Å². The molecular formula is C37H49Cl6N4O5P. The molecule has 1 atom stereocenters. The lowest BCUT2D eigenvalue weighted by atomic mass is 10.0. The molecular weight excluding hydrogens is 824 g/mol. The van der Waals surface area contributed by atoms with Crippen LogP contribution >= 0.6 is 77.2 Å². The third kappa shape index (κ3) is 16.4. The average molecular weight is 874 g/mol. The molecule has 1 unspecified atom stereocenters. The number of halogens is 6. The van der Waals surface area contributed by atoms with Gasteiger partial charge in [-0.15, -0.1) is 0 Å². The van der Waals surface area contributed by atoms with Crippen LogP contribution in [0.15, 0.2) is 41.1 Å². The molecule has 0 spiro atoms. The van der Waals surface area contributed by atoms with Crippen LogP contribution in [0, 0.1) is 0 Å². The van der Waals surface area contributed by atoms with Gasteiger partial charge in [-0.3, -0.25) is 0 Å². The van der Waals surface area contributed by atoms with E-state index in [0.29, 0.717) is 6.54 Å². The number of carbonyl (C=O) groups excluding carboxylic acids is 1. The number of benzene rings is 3. The molecule has 0 radical (unpaired) electrons. The fourth-order valence-corrected chi connectivity index (χ4v) is 8.67. The number of nitrogens with one attached hydrogen (secondary N) is 3. The van der Waals surface area contributed by atoms with E-state index in [-0.39, 0.29) is 64.4 Å². The van der Waals surface area contributed by atoms with Crippen LogP contribution in [0.25, 0.3) is 0 Å². The summed E-state index contributed by atoms with van der Waals surface area (Å²) < 4.78 is 9.80. The molecule has 0 aliphatic rings. The molecule has 0 saturated heterocycles. The maximum absolute atomic E-state index is 12.6. The fourth-order valence-electron chi connectivity index (χ4n) is 5.56. The summed E-state index contributed by atoms with van der Waals surface area (Å²) >= 11 is 37.3. The van der Waals surface area contributed by atoms with E-state index in [2.05, 4.69) is 27.2 Å². The van der Waals surface area contributed by atoms with Crippen LogP contribution < -0.4 is 20.2 Å². The lowest BCUT2D eigenvalue weighted by molar-refractivity contribution is 0.200. The molecule has 0 aliphatic carbocycles. The highest BCUT2D eigenvalue weighted by molar-refractivity contribution is 7.63. The minimum absolute atomic E-state index is 0.0180. The highest BCUT2D eigenvalue weighted by atomic mass is 35.5. The van der Waals surface area contributed by atoms with Gasteiger partial charge in [0.1, 0.15) is 0 Å². The quantitative estimate of drug-likeness (QED) is 0.0317. The van der Waals surface area contributed by atoms with Crippen LogP contribution in [-0.2, 0) is 0 Å². The Morgan fingerprint density at radius 3 is 1.38 bits per heavy atom. The third-order valence-electron chi connectivity index (χ3n) is 8.34. The van der Waals surface area contributed by atoms with Crippen molar-refractivity contribution in [2.45, 2.75) is 110 Å². The number of amides is 1. The van der Waals surface area contributed by atoms with Crippen LogP contribution in [0.5, 0.6) is 17.2 Å². The van der Waals surface area contributed by atoms with Gasteiger partial charge in [0, 0.05) is 17.9 Å². The van der Waals surface area contributed by atoms with Gasteiger partial charge in [-0.05, 0) is 42.8 Å².